The van der Waals surface area contributed by atoms with Gasteiger partial charge in [-0.3, -0.25) is 19.8 Å². The molecule has 2 amide bonds. The molecule has 160 valence electrons. The molecule has 1 aliphatic heterocycles. The number of ether oxygens (including phenoxy) is 2. The predicted molar refractivity (Wildman–Crippen MR) is 129 cm³/mol. The van der Waals surface area contributed by atoms with Crippen LogP contribution in [0.15, 0.2) is 59.1 Å². The molecule has 2 aromatic rings. The molecule has 9 heteroatoms. The van der Waals surface area contributed by atoms with Crippen LogP contribution in [0.3, 0.4) is 0 Å². The lowest BCUT2D eigenvalue weighted by molar-refractivity contribution is -0.122. The van der Waals surface area contributed by atoms with Crippen molar-refractivity contribution in [1.82, 2.24) is 5.32 Å². The number of benzene rings is 2. The smallest absolute Gasteiger partial charge is 0.270 e. The number of rotatable bonds is 7. The summed E-state index contributed by atoms with van der Waals surface area (Å²) in [7, 11) is 0. The summed E-state index contributed by atoms with van der Waals surface area (Å²) in [4.78, 5) is 26.9. The molecule has 6 nitrogen and oxygen atoms in total. The highest BCUT2D eigenvalue weighted by Crippen LogP contribution is 2.38. The minimum Gasteiger partial charge on any atom is -0.490 e. The van der Waals surface area contributed by atoms with Crippen molar-refractivity contribution in [2.75, 3.05) is 18.1 Å². The predicted octanol–water partition coefficient (Wildman–Crippen LogP) is 4.90. The first-order valence-corrected chi connectivity index (χ1v) is 10.8. The van der Waals surface area contributed by atoms with Gasteiger partial charge in [-0.15, -0.1) is 0 Å². The Morgan fingerprint density at radius 3 is 2.58 bits per heavy atom. The number of carbonyl (C=O) groups excluding carboxylic acids is 2. The van der Waals surface area contributed by atoms with E-state index in [0.29, 0.717) is 45.5 Å². The number of hydrogen-bond acceptors (Lipinski definition) is 5. The third-order valence-corrected chi connectivity index (χ3v) is 5.30. The van der Waals surface area contributed by atoms with E-state index < -0.39 is 11.8 Å². The summed E-state index contributed by atoms with van der Waals surface area (Å²) in [6.45, 7) is 6.20. The summed E-state index contributed by atoms with van der Waals surface area (Å²) in [5.41, 5.74) is 0.996. The van der Waals surface area contributed by atoms with E-state index in [4.69, 9.17) is 33.3 Å². The lowest BCUT2D eigenvalue weighted by Crippen LogP contribution is -2.54. The second-order valence-corrected chi connectivity index (χ2v) is 7.97. The Morgan fingerprint density at radius 2 is 1.94 bits per heavy atom. The molecule has 1 heterocycles. The van der Waals surface area contributed by atoms with Crippen LogP contribution in [0.25, 0.3) is 6.08 Å². The second-order valence-electron chi connectivity index (χ2n) is 6.30. The van der Waals surface area contributed by atoms with Crippen LogP contribution in [0.4, 0.5) is 5.69 Å². The zero-order chi connectivity index (χ0) is 22.5. The first-order valence-electron chi connectivity index (χ1n) is 9.22. The Balaban J connectivity index is 2.01. The molecule has 2 aromatic carbocycles. The van der Waals surface area contributed by atoms with Gasteiger partial charge in [0.15, 0.2) is 16.6 Å². The van der Waals surface area contributed by atoms with Crippen LogP contribution < -0.4 is 19.7 Å². The molecule has 1 aliphatic rings. The van der Waals surface area contributed by atoms with Crippen LogP contribution in [0.2, 0.25) is 5.02 Å². The molecule has 0 unspecified atom stereocenters. The molecule has 0 atom stereocenters. The first-order chi connectivity index (χ1) is 14.8. The zero-order valence-corrected chi connectivity index (χ0v) is 19.6. The summed E-state index contributed by atoms with van der Waals surface area (Å²) in [5.74, 6) is -0.148. The zero-order valence-electron chi connectivity index (χ0n) is 16.5. The van der Waals surface area contributed by atoms with Crippen LogP contribution >= 0.6 is 39.7 Å². The molecular formula is C22H18BrClN2O4S. The van der Waals surface area contributed by atoms with Gasteiger partial charge in [-0.25, -0.2) is 0 Å². The third-order valence-electron chi connectivity index (χ3n) is 4.17. The third kappa shape index (κ3) is 5.15. The molecule has 0 bridgehead atoms. The molecular weight excluding hydrogens is 504 g/mol. The molecule has 1 N–H and O–H groups in total. The summed E-state index contributed by atoms with van der Waals surface area (Å²) in [5, 5.41) is 3.07. The number of carbonyl (C=O) groups is 2. The number of hydrogen-bond donors (Lipinski definition) is 1. The van der Waals surface area contributed by atoms with Gasteiger partial charge in [-0.1, -0.05) is 24.3 Å². The van der Waals surface area contributed by atoms with Gasteiger partial charge in [0.2, 0.25) is 0 Å². The fraction of sp³-hybridized carbons (Fsp3) is 0.136. The van der Waals surface area contributed by atoms with Gasteiger partial charge in [0.1, 0.15) is 12.2 Å². The Bertz CT molecular complexity index is 1090. The Kier molecular flexibility index (Phi) is 7.48. The van der Waals surface area contributed by atoms with Crippen molar-refractivity contribution >= 4 is 68.4 Å². The average molecular weight is 522 g/mol. The fourth-order valence-corrected chi connectivity index (χ4v) is 3.85. The van der Waals surface area contributed by atoms with Gasteiger partial charge in [0.25, 0.3) is 11.8 Å². The van der Waals surface area contributed by atoms with Crippen molar-refractivity contribution < 1.29 is 19.1 Å². The molecule has 1 fully saturated rings. The number of thiocarbonyl (C=S) groups is 1. The van der Waals surface area contributed by atoms with Gasteiger partial charge in [0.05, 0.1) is 16.8 Å². The SMILES string of the molecule is C=CCOc1c(Br)cc(/C=C2/C(=O)NC(=S)N(c3ccc(Cl)cc3)C2=O)cc1OCC. The minimum atomic E-state index is -0.582. The summed E-state index contributed by atoms with van der Waals surface area (Å²) in [6.07, 6.45) is 3.10. The number of nitrogens with one attached hydrogen (secondary N) is 1. The average Bonchev–Trinajstić information content (AvgIpc) is 2.72. The normalized spacial score (nSPS) is 15.1. The summed E-state index contributed by atoms with van der Waals surface area (Å²) >= 11 is 14.6. The molecule has 31 heavy (non-hydrogen) atoms. The van der Waals surface area contributed by atoms with Crippen molar-refractivity contribution in [1.29, 1.82) is 0 Å². The molecule has 0 radical (unpaired) electrons. The summed E-state index contributed by atoms with van der Waals surface area (Å²) < 4.78 is 11.9. The second kappa shape index (κ2) is 10.1. The van der Waals surface area contributed by atoms with Crippen LogP contribution in [0, 0.1) is 0 Å². The van der Waals surface area contributed by atoms with Crippen molar-refractivity contribution in [3.8, 4) is 11.5 Å². The molecule has 0 spiro atoms. The lowest BCUT2D eigenvalue weighted by Gasteiger charge is -2.29. The maximum Gasteiger partial charge on any atom is 0.270 e. The van der Waals surface area contributed by atoms with Gasteiger partial charge >= 0.3 is 0 Å². The van der Waals surface area contributed by atoms with Crippen LogP contribution in [-0.2, 0) is 9.59 Å². The number of nitrogens with zero attached hydrogens (tertiary/aromatic N) is 1. The lowest BCUT2D eigenvalue weighted by atomic mass is 10.1. The monoisotopic (exact) mass is 520 g/mol. The highest BCUT2D eigenvalue weighted by Gasteiger charge is 2.34. The van der Waals surface area contributed by atoms with E-state index in [0.717, 1.165) is 0 Å². The summed E-state index contributed by atoms with van der Waals surface area (Å²) in [6, 6.07) is 10.0. The van der Waals surface area contributed by atoms with Gasteiger partial charge in [-0.2, -0.15) is 0 Å². The van der Waals surface area contributed by atoms with E-state index in [9.17, 15) is 9.59 Å². The van der Waals surface area contributed by atoms with Crippen molar-refractivity contribution in [2.24, 2.45) is 0 Å². The van der Waals surface area contributed by atoms with E-state index in [-0.39, 0.29) is 10.7 Å². The highest BCUT2D eigenvalue weighted by atomic mass is 79.9. The van der Waals surface area contributed by atoms with Crippen LogP contribution in [0.5, 0.6) is 11.5 Å². The van der Waals surface area contributed by atoms with Crippen LogP contribution in [-0.4, -0.2) is 30.1 Å². The van der Waals surface area contributed by atoms with Crippen molar-refractivity contribution in [3.05, 3.63) is 69.7 Å². The van der Waals surface area contributed by atoms with Crippen molar-refractivity contribution in [3.63, 3.8) is 0 Å². The molecule has 0 aromatic heterocycles. The Labute approximate surface area is 198 Å². The number of halogens is 2. The van der Waals surface area contributed by atoms with E-state index in [1.165, 1.54) is 11.0 Å². The van der Waals surface area contributed by atoms with E-state index in [2.05, 4.69) is 27.8 Å². The first kappa shape index (κ1) is 23.0. The van der Waals surface area contributed by atoms with Gasteiger partial charge < -0.3 is 9.47 Å². The molecule has 0 saturated carbocycles. The fourth-order valence-electron chi connectivity index (χ4n) is 2.87. The van der Waals surface area contributed by atoms with E-state index in [1.54, 1.807) is 42.5 Å². The molecule has 1 saturated heterocycles. The topological polar surface area (TPSA) is 67.9 Å². The minimum absolute atomic E-state index is 0.00108. The Hall–Kier alpha value is -2.68. The number of amides is 2. The van der Waals surface area contributed by atoms with E-state index >= 15 is 0 Å². The maximum atomic E-state index is 13.1. The molecule has 0 aliphatic carbocycles. The van der Waals surface area contributed by atoms with Gasteiger partial charge in [0, 0.05) is 5.02 Å². The largest absolute Gasteiger partial charge is 0.490 e. The van der Waals surface area contributed by atoms with E-state index in [1.807, 2.05) is 6.92 Å². The molecule has 3 rings (SSSR count). The highest BCUT2D eigenvalue weighted by molar-refractivity contribution is 9.10. The van der Waals surface area contributed by atoms with Crippen LogP contribution in [0.1, 0.15) is 12.5 Å². The Morgan fingerprint density at radius 1 is 1.23 bits per heavy atom. The standard InChI is InChI=1S/C22H18BrClN2O4S/c1-3-9-30-19-17(23)11-13(12-18(19)29-4-2)10-16-20(27)25-22(31)26(21(16)28)15-7-5-14(24)6-8-15/h3,5-8,10-12H,1,4,9H2,2H3,(H,25,27,31)/b16-10-. The van der Waals surface area contributed by atoms with Gasteiger partial charge in [-0.05, 0) is 83.1 Å². The number of anilines is 1. The quantitative estimate of drug-likeness (QED) is 0.243. The van der Waals surface area contributed by atoms with Crippen molar-refractivity contribution in [2.45, 2.75) is 6.92 Å². The maximum absolute atomic E-state index is 13.1.